The van der Waals surface area contributed by atoms with E-state index < -0.39 is 0 Å². The minimum atomic E-state index is 0.477. The fourth-order valence-electron chi connectivity index (χ4n) is 1.14. The molecule has 0 saturated heterocycles. The lowest BCUT2D eigenvalue weighted by atomic mass is 10.2. The van der Waals surface area contributed by atoms with Gasteiger partial charge in [0.05, 0.1) is 0 Å². The molecule has 0 radical (unpaired) electrons. The molecule has 0 fully saturated rings. The first-order valence-electron chi connectivity index (χ1n) is 4.90. The summed E-state index contributed by atoms with van der Waals surface area (Å²) in [5, 5.41) is 11.6. The quantitative estimate of drug-likeness (QED) is 0.852. The molecule has 0 atom stereocenters. The van der Waals surface area contributed by atoms with Gasteiger partial charge in [-0.05, 0) is 39.1 Å². The van der Waals surface area contributed by atoms with Crippen LogP contribution in [0.4, 0.5) is 5.82 Å². The first-order chi connectivity index (χ1) is 7.02. The Bertz CT molecular complexity index is 338. The first kappa shape index (κ1) is 12.2. The third-order valence-electron chi connectivity index (χ3n) is 2.32. The van der Waals surface area contributed by atoms with Gasteiger partial charge in [0.2, 0.25) is 0 Å². The zero-order chi connectivity index (χ0) is 11.4. The molecule has 84 valence electrons. The van der Waals surface area contributed by atoms with Crippen LogP contribution in [-0.4, -0.2) is 42.3 Å². The fraction of sp³-hybridized carbons (Fsp3) is 0.600. The Morgan fingerprint density at radius 1 is 1.20 bits per heavy atom. The third kappa shape index (κ3) is 3.32. The van der Waals surface area contributed by atoms with Crippen LogP contribution in [0.1, 0.15) is 11.1 Å². The van der Waals surface area contributed by atoms with Crippen LogP contribution in [0.5, 0.6) is 0 Å². The van der Waals surface area contributed by atoms with Crippen LogP contribution >= 0.6 is 11.6 Å². The number of anilines is 1. The highest BCUT2D eigenvalue weighted by Gasteiger charge is 2.07. The van der Waals surface area contributed by atoms with Gasteiger partial charge >= 0.3 is 0 Å². The third-order valence-corrected chi connectivity index (χ3v) is 2.68. The van der Waals surface area contributed by atoms with Crippen molar-refractivity contribution < 1.29 is 0 Å². The average Bonchev–Trinajstić information content (AvgIpc) is 2.18. The van der Waals surface area contributed by atoms with Crippen LogP contribution in [0.3, 0.4) is 0 Å². The molecule has 1 N–H and O–H groups in total. The van der Waals surface area contributed by atoms with E-state index in [2.05, 4.69) is 20.4 Å². The van der Waals surface area contributed by atoms with Crippen molar-refractivity contribution in [1.82, 2.24) is 15.1 Å². The summed E-state index contributed by atoms with van der Waals surface area (Å²) in [7, 11) is 4.07. The molecule has 5 heteroatoms. The van der Waals surface area contributed by atoms with Crippen LogP contribution < -0.4 is 5.32 Å². The second kappa shape index (κ2) is 5.28. The summed E-state index contributed by atoms with van der Waals surface area (Å²) in [5.41, 5.74) is 2.05. The van der Waals surface area contributed by atoms with E-state index in [1.807, 2.05) is 27.9 Å². The average molecular weight is 229 g/mol. The molecule has 0 unspecified atom stereocenters. The Labute approximate surface area is 95.6 Å². The Morgan fingerprint density at radius 2 is 1.87 bits per heavy atom. The van der Waals surface area contributed by atoms with Crippen molar-refractivity contribution in [1.29, 1.82) is 0 Å². The van der Waals surface area contributed by atoms with E-state index in [0.29, 0.717) is 5.15 Å². The smallest absolute Gasteiger partial charge is 0.155 e. The van der Waals surface area contributed by atoms with Crippen LogP contribution in [0.25, 0.3) is 0 Å². The monoisotopic (exact) mass is 228 g/mol. The highest BCUT2D eigenvalue weighted by atomic mass is 35.5. The van der Waals surface area contributed by atoms with Crippen molar-refractivity contribution >= 4 is 17.4 Å². The van der Waals surface area contributed by atoms with Gasteiger partial charge < -0.3 is 10.2 Å². The van der Waals surface area contributed by atoms with E-state index in [4.69, 9.17) is 11.6 Å². The molecule has 1 rings (SSSR count). The molecular formula is C10H17ClN4. The van der Waals surface area contributed by atoms with Gasteiger partial charge in [-0.25, -0.2) is 0 Å². The molecular weight excluding hydrogens is 212 g/mol. The van der Waals surface area contributed by atoms with Crippen LogP contribution in [0.15, 0.2) is 0 Å². The Morgan fingerprint density at radius 3 is 2.47 bits per heavy atom. The molecule has 0 amide bonds. The van der Waals surface area contributed by atoms with Crippen LogP contribution in [0, 0.1) is 13.8 Å². The minimum absolute atomic E-state index is 0.477. The normalized spacial score (nSPS) is 10.8. The number of hydrogen-bond acceptors (Lipinski definition) is 4. The molecule has 0 bridgehead atoms. The fourth-order valence-corrected chi connectivity index (χ4v) is 1.32. The number of rotatable bonds is 4. The van der Waals surface area contributed by atoms with Crippen molar-refractivity contribution in [2.24, 2.45) is 0 Å². The SMILES string of the molecule is Cc1c(Cl)nnc(NCCN(C)C)c1C. The molecule has 1 aromatic heterocycles. The number of hydrogen-bond donors (Lipinski definition) is 1. The van der Waals surface area contributed by atoms with Gasteiger partial charge in [0.15, 0.2) is 11.0 Å². The lowest BCUT2D eigenvalue weighted by Gasteiger charge is -2.13. The predicted octanol–water partition coefficient (Wildman–Crippen LogP) is 1.72. The number of nitrogens with zero attached hydrogens (tertiary/aromatic N) is 3. The van der Waals surface area contributed by atoms with Gasteiger partial charge in [-0.3, -0.25) is 0 Å². The number of halogens is 1. The molecule has 0 spiro atoms. The van der Waals surface area contributed by atoms with Crippen molar-refractivity contribution in [3.8, 4) is 0 Å². The van der Waals surface area contributed by atoms with Crippen molar-refractivity contribution in [3.05, 3.63) is 16.3 Å². The summed E-state index contributed by atoms with van der Waals surface area (Å²) in [6.07, 6.45) is 0. The Hall–Kier alpha value is -0.870. The maximum atomic E-state index is 5.86. The van der Waals surface area contributed by atoms with E-state index in [1.165, 1.54) is 0 Å². The predicted molar refractivity (Wildman–Crippen MR) is 63.6 cm³/mol. The summed E-state index contributed by atoms with van der Waals surface area (Å²) < 4.78 is 0. The summed E-state index contributed by atoms with van der Waals surface area (Å²) in [4.78, 5) is 2.11. The lowest BCUT2D eigenvalue weighted by Crippen LogP contribution is -2.21. The maximum Gasteiger partial charge on any atom is 0.155 e. The van der Waals surface area contributed by atoms with E-state index in [1.54, 1.807) is 0 Å². The van der Waals surface area contributed by atoms with Crippen molar-refractivity contribution in [2.45, 2.75) is 13.8 Å². The first-order valence-corrected chi connectivity index (χ1v) is 5.28. The van der Waals surface area contributed by atoms with Crippen molar-refractivity contribution in [3.63, 3.8) is 0 Å². The number of nitrogens with one attached hydrogen (secondary N) is 1. The van der Waals surface area contributed by atoms with Gasteiger partial charge in [0.1, 0.15) is 0 Å². The van der Waals surface area contributed by atoms with Gasteiger partial charge in [-0.15, -0.1) is 10.2 Å². The molecule has 0 aliphatic carbocycles. The van der Waals surface area contributed by atoms with Crippen LogP contribution in [0.2, 0.25) is 5.15 Å². The standard InChI is InChI=1S/C10H17ClN4/c1-7-8(2)10(14-13-9(7)11)12-5-6-15(3)4/h5-6H2,1-4H3,(H,12,14). The maximum absolute atomic E-state index is 5.86. The summed E-state index contributed by atoms with van der Waals surface area (Å²) in [6.45, 7) is 5.75. The van der Waals surface area contributed by atoms with E-state index in [9.17, 15) is 0 Å². The molecule has 0 saturated carbocycles. The summed E-state index contributed by atoms with van der Waals surface area (Å²) >= 11 is 5.86. The van der Waals surface area contributed by atoms with E-state index in [0.717, 1.165) is 30.0 Å². The molecule has 4 nitrogen and oxygen atoms in total. The Kier molecular flexibility index (Phi) is 4.29. The van der Waals surface area contributed by atoms with Gasteiger partial charge in [0.25, 0.3) is 0 Å². The highest BCUT2D eigenvalue weighted by molar-refractivity contribution is 6.30. The topological polar surface area (TPSA) is 41.1 Å². The highest BCUT2D eigenvalue weighted by Crippen LogP contribution is 2.20. The van der Waals surface area contributed by atoms with Crippen molar-refractivity contribution in [2.75, 3.05) is 32.5 Å². The second-order valence-corrected chi connectivity index (χ2v) is 4.18. The number of likely N-dealkylation sites (N-methyl/N-ethyl adjacent to an activating group) is 1. The Balaban J connectivity index is 2.66. The minimum Gasteiger partial charge on any atom is -0.367 e. The molecule has 0 aliphatic rings. The summed E-state index contributed by atoms with van der Waals surface area (Å²) in [6, 6.07) is 0. The molecule has 0 aliphatic heterocycles. The molecule has 0 aromatic carbocycles. The molecule has 1 heterocycles. The van der Waals surface area contributed by atoms with E-state index in [-0.39, 0.29) is 0 Å². The van der Waals surface area contributed by atoms with Gasteiger partial charge in [0, 0.05) is 13.1 Å². The van der Waals surface area contributed by atoms with E-state index >= 15 is 0 Å². The zero-order valence-electron chi connectivity index (χ0n) is 9.63. The van der Waals surface area contributed by atoms with Gasteiger partial charge in [-0.2, -0.15) is 0 Å². The number of aromatic nitrogens is 2. The lowest BCUT2D eigenvalue weighted by molar-refractivity contribution is 0.425. The van der Waals surface area contributed by atoms with Gasteiger partial charge in [-0.1, -0.05) is 11.6 Å². The summed E-state index contributed by atoms with van der Waals surface area (Å²) in [5.74, 6) is 0.818. The molecule has 15 heavy (non-hydrogen) atoms. The second-order valence-electron chi connectivity index (χ2n) is 3.82. The zero-order valence-corrected chi connectivity index (χ0v) is 10.4. The largest absolute Gasteiger partial charge is 0.367 e. The molecule has 1 aromatic rings. The van der Waals surface area contributed by atoms with Crippen LogP contribution in [-0.2, 0) is 0 Å².